The highest BCUT2D eigenvalue weighted by Gasteiger charge is 2.26. The van der Waals surface area contributed by atoms with Gasteiger partial charge in [0.2, 0.25) is 0 Å². The number of fused-ring (bicyclic) bond motifs is 1. The van der Waals surface area contributed by atoms with E-state index in [4.69, 9.17) is 4.74 Å². The molecule has 0 aliphatic carbocycles. The number of hydrogen-bond acceptors (Lipinski definition) is 6. The van der Waals surface area contributed by atoms with E-state index >= 15 is 0 Å². The molecule has 10 heteroatoms. The van der Waals surface area contributed by atoms with Crippen molar-refractivity contribution in [1.82, 2.24) is 14.9 Å². The first kappa shape index (κ1) is 26.0. The molecule has 156 valence electrons. The van der Waals surface area contributed by atoms with Crippen LogP contribution in [0.4, 0.5) is 0 Å². The van der Waals surface area contributed by atoms with E-state index < -0.39 is 0 Å². The molecule has 3 rings (SSSR count). The third-order valence-electron chi connectivity index (χ3n) is 4.72. The number of nitrogens with zero attached hydrogens (tertiary/aromatic N) is 2. The number of ketones is 1. The molecule has 1 aliphatic rings. The summed E-state index contributed by atoms with van der Waals surface area (Å²) in [6.07, 6.45) is 5.85. The second-order valence-corrected chi connectivity index (χ2v) is 8.41. The quantitative estimate of drug-likeness (QED) is 0.381. The Morgan fingerprint density at radius 1 is 1.43 bits per heavy atom. The van der Waals surface area contributed by atoms with Gasteiger partial charge in [-0.1, -0.05) is 0 Å². The van der Waals surface area contributed by atoms with Gasteiger partial charge in [0.15, 0.2) is 5.78 Å². The Morgan fingerprint density at radius 3 is 2.86 bits per heavy atom. The van der Waals surface area contributed by atoms with Crippen molar-refractivity contribution in [2.45, 2.75) is 42.8 Å². The van der Waals surface area contributed by atoms with Crippen molar-refractivity contribution in [2.24, 2.45) is 0 Å². The number of halogens is 3. The standard InChI is InChI=1S/C18H22IN3O3S.2BrH/c1-25-16-4-3-5-20-15(16)6-11(23)9-22-10-21-14-8-13(19)17(26-2)7-12(14)18(22)24;;/h7-8,10,15-16,20H,3-6,9H2,1-2H3;2*1H/t15-,16+;;/m1../s1. The van der Waals surface area contributed by atoms with Crippen LogP contribution < -0.4 is 10.9 Å². The van der Waals surface area contributed by atoms with Crippen LogP contribution in [-0.4, -0.2) is 47.4 Å². The van der Waals surface area contributed by atoms with E-state index in [1.807, 2.05) is 18.4 Å². The topological polar surface area (TPSA) is 73.2 Å². The first-order chi connectivity index (χ1) is 12.5. The van der Waals surface area contributed by atoms with Crippen molar-refractivity contribution >= 4 is 85.0 Å². The highest BCUT2D eigenvalue weighted by molar-refractivity contribution is 14.1. The SMILES string of the molecule is Br.Br.CO[C@H]1CCCN[C@@H]1CC(=O)Cn1cnc2cc(I)c(SC)cc2c1=O. The number of benzene rings is 1. The molecule has 0 bridgehead atoms. The fraction of sp³-hybridized carbons (Fsp3) is 0.500. The summed E-state index contributed by atoms with van der Waals surface area (Å²) in [6.45, 7) is 0.933. The second kappa shape index (κ2) is 12.0. The first-order valence-electron chi connectivity index (χ1n) is 8.54. The lowest BCUT2D eigenvalue weighted by molar-refractivity contribution is -0.121. The van der Waals surface area contributed by atoms with E-state index in [2.05, 4.69) is 32.9 Å². The molecule has 28 heavy (non-hydrogen) atoms. The summed E-state index contributed by atoms with van der Waals surface area (Å²) in [5, 5.41) is 3.90. The van der Waals surface area contributed by atoms with E-state index in [-0.39, 0.29) is 64.0 Å². The molecule has 6 nitrogen and oxygen atoms in total. The van der Waals surface area contributed by atoms with Crippen LogP contribution >= 0.6 is 68.3 Å². The molecule has 1 N–H and O–H groups in total. The summed E-state index contributed by atoms with van der Waals surface area (Å²) >= 11 is 3.83. The number of piperidine rings is 1. The van der Waals surface area contributed by atoms with Crippen LogP contribution in [-0.2, 0) is 16.1 Å². The number of carbonyl (C=O) groups is 1. The maximum absolute atomic E-state index is 12.8. The highest BCUT2D eigenvalue weighted by Crippen LogP contribution is 2.25. The predicted molar refractivity (Wildman–Crippen MR) is 133 cm³/mol. The van der Waals surface area contributed by atoms with Crippen molar-refractivity contribution in [2.75, 3.05) is 19.9 Å². The van der Waals surface area contributed by atoms with E-state index in [1.165, 1.54) is 10.9 Å². The fourth-order valence-corrected chi connectivity index (χ4v) is 4.94. The maximum atomic E-state index is 12.8. The number of Topliss-reactive ketones (excluding diaryl/α,β-unsaturated/α-hetero) is 1. The molecule has 0 spiro atoms. The van der Waals surface area contributed by atoms with Crippen LogP contribution in [0.3, 0.4) is 0 Å². The molecule has 1 aromatic carbocycles. The molecule has 0 amide bonds. The number of methoxy groups -OCH3 is 1. The minimum Gasteiger partial charge on any atom is -0.380 e. The zero-order valence-corrected chi connectivity index (χ0v) is 22.0. The molecule has 2 atom stereocenters. The average molecular weight is 649 g/mol. The summed E-state index contributed by atoms with van der Waals surface area (Å²) in [5.41, 5.74) is 0.490. The van der Waals surface area contributed by atoms with Crippen LogP contribution in [0.15, 0.2) is 28.2 Å². The Kier molecular flexibility index (Phi) is 11.1. The monoisotopic (exact) mass is 647 g/mol. The summed E-state index contributed by atoms with van der Waals surface area (Å²) in [7, 11) is 1.68. The Labute approximate surface area is 203 Å². The molecular formula is C18H24Br2IN3O3S. The fourth-order valence-electron chi connectivity index (χ4n) is 3.34. The molecular weight excluding hydrogens is 625 g/mol. The Hall–Kier alpha value is -0.0100. The number of thioether (sulfide) groups is 1. The molecule has 1 fully saturated rings. The van der Waals surface area contributed by atoms with Crippen LogP contribution in [0.5, 0.6) is 0 Å². The number of aromatic nitrogens is 2. The minimum absolute atomic E-state index is 0. The van der Waals surface area contributed by atoms with Gasteiger partial charge in [0, 0.05) is 28.0 Å². The molecule has 2 aromatic rings. The van der Waals surface area contributed by atoms with E-state index in [1.54, 1.807) is 18.9 Å². The second-order valence-electron chi connectivity index (χ2n) is 6.40. The summed E-state index contributed by atoms with van der Waals surface area (Å²) in [5.74, 6) is 0.00491. The molecule has 1 aromatic heterocycles. The van der Waals surface area contributed by atoms with Crippen LogP contribution in [0.2, 0.25) is 0 Å². The van der Waals surface area contributed by atoms with Crippen LogP contribution in [0.25, 0.3) is 10.9 Å². The third-order valence-corrected chi connectivity index (χ3v) is 6.75. The molecule has 0 unspecified atom stereocenters. The average Bonchev–Trinajstić information content (AvgIpc) is 2.64. The van der Waals surface area contributed by atoms with Gasteiger partial charge in [0.1, 0.15) is 0 Å². The highest BCUT2D eigenvalue weighted by atomic mass is 127. The summed E-state index contributed by atoms with van der Waals surface area (Å²) in [4.78, 5) is 30.7. The number of nitrogens with one attached hydrogen (secondary N) is 1. The first-order valence-corrected chi connectivity index (χ1v) is 10.8. The summed E-state index contributed by atoms with van der Waals surface area (Å²) < 4.78 is 7.95. The lowest BCUT2D eigenvalue weighted by Gasteiger charge is -2.31. The molecule has 2 heterocycles. The third kappa shape index (κ3) is 6.00. The Morgan fingerprint density at radius 2 is 2.18 bits per heavy atom. The van der Waals surface area contributed by atoms with Crippen molar-refractivity contribution in [3.63, 3.8) is 0 Å². The zero-order valence-electron chi connectivity index (χ0n) is 15.6. The summed E-state index contributed by atoms with van der Waals surface area (Å²) in [6, 6.07) is 3.78. The van der Waals surface area contributed by atoms with Gasteiger partial charge in [-0.05, 0) is 60.4 Å². The lowest BCUT2D eigenvalue weighted by Crippen LogP contribution is -2.47. The smallest absolute Gasteiger partial charge is 0.261 e. The van der Waals surface area contributed by atoms with Crippen molar-refractivity contribution in [3.05, 3.63) is 32.4 Å². The lowest BCUT2D eigenvalue weighted by atomic mass is 9.96. The van der Waals surface area contributed by atoms with E-state index in [0.717, 1.165) is 27.9 Å². The van der Waals surface area contributed by atoms with Crippen molar-refractivity contribution < 1.29 is 9.53 Å². The minimum atomic E-state index is -0.171. The molecule has 1 aliphatic heterocycles. The van der Waals surface area contributed by atoms with Gasteiger partial charge in [-0.15, -0.1) is 45.7 Å². The normalized spacial score (nSPS) is 19.0. The van der Waals surface area contributed by atoms with Crippen molar-refractivity contribution in [1.29, 1.82) is 0 Å². The van der Waals surface area contributed by atoms with Crippen molar-refractivity contribution in [3.8, 4) is 0 Å². The number of hydrogen-bond donors (Lipinski definition) is 1. The van der Waals surface area contributed by atoms with E-state index in [0.29, 0.717) is 17.3 Å². The largest absolute Gasteiger partial charge is 0.380 e. The van der Waals surface area contributed by atoms with Gasteiger partial charge in [-0.25, -0.2) is 4.98 Å². The van der Waals surface area contributed by atoms with E-state index in [9.17, 15) is 9.59 Å². The molecule has 1 saturated heterocycles. The Balaban J connectivity index is 0.00000196. The van der Waals surface area contributed by atoms with Gasteiger partial charge < -0.3 is 10.1 Å². The van der Waals surface area contributed by atoms with Gasteiger partial charge in [0.05, 0.1) is 29.9 Å². The van der Waals surface area contributed by atoms with Gasteiger partial charge in [0.25, 0.3) is 5.56 Å². The number of ether oxygens (including phenoxy) is 1. The number of carbonyl (C=O) groups excluding carboxylic acids is 1. The van der Waals surface area contributed by atoms with Crippen LogP contribution in [0, 0.1) is 3.57 Å². The molecule has 0 saturated carbocycles. The zero-order chi connectivity index (χ0) is 18.7. The van der Waals surface area contributed by atoms with Crippen LogP contribution in [0.1, 0.15) is 19.3 Å². The maximum Gasteiger partial charge on any atom is 0.261 e. The van der Waals surface area contributed by atoms with Gasteiger partial charge in [-0.2, -0.15) is 0 Å². The number of rotatable bonds is 6. The van der Waals surface area contributed by atoms with Gasteiger partial charge >= 0.3 is 0 Å². The van der Waals surface area contributed by atoms with Gasteiger partial charge in [-0.3, -0.25) is 14.2 Å². The predicted octanol–water partition coefficient (Wildman–Crippen LogP) is 3.61. The Bertz CT molecular complexity index is 881. The molecule has 0 radical (unpaired) electrons.